The lowest BCUT2D eigenvalue weighted by molar-refractivity contribution is -0.112. The van der Waals surface area contributed by atoms with E-state index in [1.54, 1.807) is 30.3 Å². The summed E-state index contributed by atoms with van der Waals surface area (Å²) < 4.78 is 6.72. The topological polar surface area (TPSA) is 84.1 Å². The van der Waals surface area contributed by atoms with E-state index in [0.717, 1.165) is 22.0 Å². The van der Waals surface area contributed by atoms with Gasteiger partial charge < -0.3 is 14.6 Å². The van der Waals surface area contributed by atoms with Gasteiger partial charge in [-0.15, -0.1) is 0 Å². The van der Waals surface area contributed by atoms with Gasteiger partial charge in [0.25, 0.3) is 5.91 Å². The minimum Gasteiger partial charge on any atom is -0.465 e. The maximum absolute atomic E-state index is 12.8. The molecule has 0 aliphatic carbocycles. The zero-order valence-corrected chi connectivity index (χ0v) is 19.0. The van der Waals surface area contributed by atoms with Crippen molar-refractivity contribution in [3.63, 3.8) is 0 Å². The van der Waals surface area contributed by atoms with Crippen molar-refractivity contribution in [2.45, 2.75) is 6.54 Å². The molecule has 7 heteroatoms. The summed E-state index contributed by atoms with van der Waals surface area (Å²) in [7, 11) is 1.30. The van der Waals surface area contributed by atoms with Crippen LogP contribution in [0.5, 0.6) is 0 Å². The van der Waals surface area contributed by atoms with E-state index in [4.69, 9.17) is 11.6 Å². The summed E-state index contributed by atoms with van der Waals surface area (Å²) in [5, 5.41) is 14.0. The Bertz CT molecular complexity index is 1450. The number of amides is 1. The number of methoxy groups -OCH3 is 1. The monoisotopic (exact) mass is 469 g/mol. The number of hydrogen-bond donors (Lipinski definition) is 1. The van der Waals surface area contributed by atoms with Crippen LogP contribution in [-0.4, -0.2) is 23.6 Å². The molecule has 1 amide bonds. The summed E-state index contributed by atoms with van der Waals surface area (Å²) in [6.45, 7) is 0.550. The summed E-state index contributed by atoms with van der Waals surface area (Å²) in [6, 6.07) is 23.6. The number of esters is 1. The number of carbonyl (C=O) groups excluding carboxylic acids is 2. The third-order valence-electron chi connectivity index (χ3n) is 5.35. The zero-order chi connectivity index (χ0) is 24.1. The third kappa shape index (κ3) is 4.85. The molecule has 0 aliphatic heterocycles. The Balaban J connectivity index is 1.63. The number of halogens is 1. The molecule has 0 saturated carbocycles. The van der Waals surface area contributed by atoms with Crippen LogP contribution < -0.4 is 5.32 Å². The van der Waals surface area contributed by atoms with E-state index in [2.05, 4.69) is 10.1 Å². The molecule has 34 heavy (non-hydrogen) atoms. The molecule has 0 bridgehead atoms. The van der Waals surface area contributed by atoms with Gasteiger partial charge in [-0.3, -0.25) is 4.79 Å². The first-order valence-corrected chi connectivity index (χ1v) is 10.8. The number of anilines is 1. The number of fused-ring (bicyclic) bond motifs is 1. The second-order valence-electron chi connectivity index (χ2n) is 7.51. The predicted octanol–water partition coefficient (Wildman–Crippen LogP) is 5.68. The highest BCUT2D eigenvalue weighted by Gasteiger charge is 2.14. The van der Waals surface area contributed by atoms with Crippen molar-refractivity contribution in [1.29, 1.82) is 5.26 Å². The maximum Gasteiger partial charge on any atom is 0.337 e. The predicted molar refractivity (Wildman–Crippen MR) is 132 cm³/mol. The van der Waals surface area contributed by atoms with E-state index < -0.39 is 11.9 Å². The van der Waals surface area contributed by atoms with Gasteiger partial charge in [0.2, 0.25) is 0 Å². The van der Waals surface area contributed by atoms with E-state index in [0.29, 0.717) is 22.8 Å². The molecule has 0 radical (unpaired) electrons. The SMILES string of the molecule is COC(=O)c1ccc(NC(=O)/C(C#N)=C/c2cn(Cc3ccccc3Cl)c3ccccc23)cc1. The summed E-state index contributed by atoms with van der Waals surface area (Å²) in [6.07, 6.45) is 3.48. The van der Waals surface area contributed by atoms with Gasteiger partial charge in [-0.2, -0.15) is 5.26 Å². The van der Waals surface area contributed by atoms with Crippen LogP contribution in [0.15, 0.2) is 84.6 Å². The van der Waals surface area contributed by atoms with Gasteiger partial charge >= 0.3 is 5.97 Å². The molecule has 0 aliphatic rings. The Morgan fingerprint density at radius 2 is 1.76 bits per heavy atom. The van der Waals surface area contributed by atoms with Gasteiger partial charge in [-0.25, -0.2) is 4.79 Å². The van der Waals surface area contributed by atoms with Gasteiger partial charge in [0, 0.05) is 39.9 Å². The number of ether oxygens (including phenoxy) is 1. The number of rotatable bonds is 6. The zero-order valence-electron chi connectivity index (χ0n) is 18.3. The van der Waals surface area contributed by atoms with Gasteiger partial charge in [0.05, 0.1) is 12.7 Å². The Labute approximate surface area is 201 Å². The van der Waals surface area contributed by atoms with Crippen LogP contribution in [0.25, 0.3) is 17.0 Å². The Kier molecular flexibility index (Phi) is 6.77. The minimum atomic E-state index is -0.545. The first-order valence-electron chi connectivity index (χ1n) is 10.4. The van der Waals surface area contributed by atoms with Crippen LogP contribution >= 0.6 is 11.6 Å². The van der Waals surface area contributed by atoms with Crippen LogP contribution in [0.1, 0.15) is 21.5 Å². The molecule has 1 N–H and O–H groups in total. The van der Waals surface area contributed by atoms with Crippen molar-refractivity contribution in [2.24, 2.45) is 0 Å². The average molecular weight is 470 g/mol. The van der Waals surface area contributed by atoms with Crippen LogP contribution in [-0.2, 0) is 16.1 Å². The molecule has 3 aromatic carbocycles. The number of nitrogens with one attached hydrogen (secondary N) is 1. The second kappa shape index (κ2) is 10.1. The largest absolute Gasteiger partial charge is 0.465 e. The highest BCUT2D eigenvalue weighted by Crippen LogP contribution is 2.26. The van der Waals surface area contributed by atoms with Gasteiger partial charge in [-0.05, 0) is 48.0 Å². The van der Waals surface area contributed by atoms with Crippen LogP contribution in [0.3, 0.4) is 0 Å². The molecule has 0 saturated heterocycles. The van der Waals surface area contributed by atoms with Crippen molar-refractivity contribution in [3.8, 4) is 6.07 Å². The molecule has 0 unspecified atom stereocenters. The first kappa shape index (κ1) is 22.8. The van der Waals surface area contributed by atoms with Crippen LogP contribution in [0.2, 0.25) is 5.02 Å². The van der Waals surface area contributed by atoms with Gasteiger partial charge in [-0.1, -0.05) is 48.0 Å². The fraction of sp³-hybridized carbons (Fsp3) is 0.0741. The lowest BCUT2D eigenvalue weighted by atomic mass is 10.1. The van der Waals surface area contributed by atoms with E-state index in [1.165, 1.54) is 7.11 Å². The summed E-state index contributed by atoms with van der Waals surface area (Å²) in [4.78, 5) is 24.4. The summed E-state index contributed by atoms with van der Waals surface area (Å²) in [5.41, 5.74) is 3.45. The molecule has 4 rings (SSSR count). The number of hydrogen-bond acceptors (Lipinski definition) is 4. The Morgan fingerprint density at radius 3 is 2.47 bits per heavy atom. The molecule has 1 aromatic heterocycles. The molecular formula is C27H20ClN3O3. The second-order valence-corrected chi connectivity index (χ2v) is 7.92. The van der Waals surface area contributed by atoms with E-state index in [1.807, 2.05) is 65.4 Å². The van der Waals surface area contributed by atoms with E-state index in [9.17, 15) is 14.9 Å². The summed E-state index contributed by atoms with van der Waals surface area (Å²) >= 11 is 6.35. The number of nitrogens with zero attached hydrogens (tertiary/aromatic N) is 2. The Morgan fingerprint density at radius 1 is 1.06 bits per heavy atom. The molecule has 168 valence electrons. The molecule has 0 atom stereocenters. The number of carbonyl (C=O) groups is 2. The van der Waals surface area contributed by atoms with Crippen molar-refractivity contribution in [1.82, 2.24) is 4.57 Å². The van der Waals surface area contributed by atoms with Crippen molar-refractivity contribution < 1.29 is 14.3 Å². The lowest BCUT2D eigenvalue weighted by Crippen LogP contribution is -2.13. The quantitative estimate of drug-likeness (QED) is 0.224. The maximum atomic E-state index is 12.8. The normalized spacial score (nSPS) is 11.1. The highest BCUT2D eigenvalue weighted by molar-refractivity contribution is 6.31. The minimum absolute atomic E-state index is 0.0438. The highest BCUT2D eigenvalue weighted by atomic mass is 35.5. The average Bonchev–Trinajstić information content (AvgIpc) is 3.21. The van der Waals surface area contributed by atoms with Crippen LogP contribution in [0, 0.1) is 11.3 Å². The van der Waals surface area contributed by atoms with Crippen molar-refractivity contribution >= 4 is 46.1 Å². The van der Waals surface area contributed by atoms with Crippen molar-refractivity contribution in [2.75, 3.05) is 12.4 Å². The molecule has 0 fully saturated rings. The van der Waals surface area contributed by atoms with Crippen molar-refractivity contribution in [3.05, 3.63) is 106 Å². The Hall–Kier alpha value is -4.34. The first-order chi connectivity index (χ1) is 16.5. The summed E-state index contributed by atoms with van der Waals surface area (Å²) in [5.74, 6) is -1.01. The molecule has 0 spiro atoms. The molecule has 6 nitrogen and oxygen atoms in total. The fourth-order valence-corrected chi connectivity index (χ4v) is 3.84. The third-order valence-corrected chi connectivity index (χ3v) is 5.72. The smallest absolute Gasteiger partial charge is 0.337 e. The molecule has 1 heterocycles. The number of para-hydroxylation sites is 1. The standard InChI is InChI=1S/C27H20ClN3O3/c1-34-27(33)18-10-12-22(13-11-18)30-26(32)20(15-29)14-21-17-31(25-9-5-3-7-23(21)25)16-19-6-2-4-8-24(19)28/h2-14,17H,16H2,1H3,(H,30,32)/b20-14+. The fourth-order valence-electron chi connectivity index (χ4n) is 3.64. The van der Waals surface area contributed by atoms with Crippen LogP contribution in [0.4, 0.5) is 5.69 Å². The molecule has 4 aromatic rings. The van der Waals surface area contributed by atoms with E-state index >= 15 is 0 Å². The number of benzene rings is 3. The lowest BCUT2D eigenvalue weighted by Gasteiger charge is -2.07. The number of nitriles is 1. The van der Waals surface area contributed by atoms with Gasteiger partial charge in [0.15, 0.2) is 0 Å². The van der Waals surface area contributed by atoms with E-state index in [-0.39, 0.29) is 5.57 Å². The molecular weight excluding hydrogens is 450 g/mol. The van der Waals surface area contributed by atoms with Gasteiger partial charge in [0.1, 0.15) is 11.6 Å². The number of aromatic nitrogens is 1.